The predicted molar refractivity (Wildman–Crippen MR) is 121 cm³/mol. The third-order valence-electron chi connectivity index (χ3n) is 5.53. The minimum absolute atomic E-state index is 0.116. The highest BCUT2D eigenvalue weighted by Gasteiger charge is 2.28. The quantitative estimate of drug-likeness (QED) is 0.382. The first-order valence-electron chi connectivity index (χ1n) is 10.5. The number of amides is 1. The van der Waals surface area contributed by atoms with Crippen molar-refractivity contribution in [1.82, 2.24) is 14.5 Å². The number of ether oxygens (including phenoxy) is 1. The summed E-state index contributed by atoms with van der Waals surface area (Å²) < 4.78 is 20.4. The minimum Gasteiger partial charge on any atom is -0.464 e. The van der Waals surface area contributed by atoms with Gasteiger partial charge in [0.2, 0.25) is 0 Å². The number of aromatic nitrogens is 2. The number of methoxy groups -OCH3 is 1. The molecular weight excluding hydrogens is 425 g/mol. The lowest BCUT2D eigenvalue weighted by atomic mass is 10.0. The number of carbonyl (C=O) groups is 3. The molecule has 3 aromatic rings. The van der Waals surface area contributed by atoms with Gasteiger partial charge in [-0.15, -0.1) is 0 Å². The van der Waals surface area contributed by atoms with Crippen molar-refractivity contribution < 1.29 is 23.5 Å². The van der Waals surface area contributed by atoms with E-state index in [1.807, 2.05) is 6.92 Å². The van der Waals surface area contributed by atoms with Crippen LogP contribution in [-0.2, 0) is 17.8 Å². The van der Waals surface area contributed by atoms with Gasteiger partial charge < -0.3 is 14.2 Å². The summed E-state index contributed by atoms with van der Waals surface area (Å²) >= 11 is 0. The lowest BCUT2D eigenvalue weighted by molar-refractivity contribution is 0.0587. The number of benzene rings is 1. The van der Waals surface area contributed by atoms with Gasteiger partial charge in [0.25, 0.3) is 5.91 Å². The van der Waals surface area contributed by atoms with E-state index in [1.54, 1.807) is 42.9 Å². The maximum absolute atomic E-state index is 13.8. The number of halogens is 1. The molecule has 0 fully saturated rings. The van der Waals surface area contributed by atoms with E-state index in [9.17, 15) is 18.8 Å². The average Bonchev–Trinajstić information content (AvgIpc) is 3.07. The molecule has 0 saturated heterocycles. The normalized spacial score (nSPS) is 10.7. The first-order valence-corrected chi connectivity index (χ1v) is 10.5. The number of rotatable bonds is 8. The van der Waals surface area contributed by atoms with Gasteiger partial charge in [0.05, 0.1) is 13.7 Å². The van der Waals surface area contributed by atoms with Gasteiger partial charge in [-0.1, -0.05) is 12.1 Å². The van der Waals surface area contributed by atoms with Crippen LogP contribution in [0.2, 0.25) is 0 Å². The van der Waals surface area contributed by atoms with Crippen molar-refractivity contribution in [3.8, 4) is 0 Å². The molecule has 8 heteroatoms. The van der Waals surface area contributed by atoms with E-state index in [-0.39, 0.29) is 24.4 Å². The second-order valence-corrected chi connectivity index (χ2v) is 7.63. The average molecular weight is 451 g/mol. The number of Topliss-reactive ketones (excluding diaryl/α,β-unsaturated/α-hetero) is 1. The third-order valence-corrected chi connectivity index (χ3v) is 5.53. The Balaban J connectivity index is 1.99. The Morgan fingerprint density at radius 1 is 1.15 bits per heavy atom. The molecule has 33 heavy (non-hydrogen) atoms. The van der Waals surface area contributed by atoms with Gasteiger partial charge in [-0.2, -0.15) is 0 Å². The molecule has 3 rings (SSSR count). The third kappa shape index (κ3) is 5.00. The molecule has 1 aromatic carbocycles. The summed E-state index contributed by atoms with van der Waals surface area (Å²) in [6.45, 7) is 5.67. The van der Waals surface area contributed by atoms with Crippen LogP contribution in [0.5, 0.6) is 0 Å². The van der Waals surface area contributed by atoms with Crippen LogP contribution in [0.25, 0.3) is 0 Å². The van der Waals surface area contributed by atoms with E-state index >= 15 is 0 Å². The summed E-state index contributed by atoms with van der Waals surface area (Å²) in [5.41, 5.74) is 2.69. The molecule has 7 nitrogen and oxygen atoms in total. The van der Waals surface area contributed by atoms with Crippen LogP contribution in [0.3, 0.4) is 0 Å². The molecule has 2 heterocycles. The number of esters is 1. The zero-order chi connectivity index (χ0) is 24.1. The van der Waals surface area contributed by atoms with E-state index in [0.29, 0.717) is 29.1 Å². The van der Waals surface area contributed by atoms with Gasteiger partial charge in [0.1, 0.15) is 11.5 Å². The fraction of sp³-hybridized carbons (Fsp3) is 0.280. The largest absolute Gasteiger partial charge is 0.464 e. The molecule has 2 aromatic heterocycles. The summed E-state index contributed by atoms with van der Waals surface area (Å²) in [5.74, 6) is -1.87. The molecule has 0 aliphatic heterocycles. The second-order valence-electron chi connectivity index (χ2n) is 7.63. The van der Waals surface area contributed by atoms with Crippen molar-refractivity contribution in [1.29, 1.82) is 0 Å². The van der Waals surface area contributed by atoms with E-state index in [2.05, 4.69) is 4.98 Å². The number of pyridine rings is 1. The Bertz CT molecular complexity index is 1190. The summed E-state index contributed by atoms with van der Waals surface area (Å²) in [7, 11) is 1.29. The van der Waals surface area contributed by atoms with Crippen molar-refractivity contribution in [2.45, 2.75) is 33.9 Å². The lowest BCUT2D eigenvalue weighted by Crippen LogP contribution is -2.35. The molecule has 0 atom stereocenters. The lowest BCUT2D eigenvalue weighted by Gasteiger charge is -2.22. The molecule has 0 aliphatic rings. The van der Waals surface area contributed by atoms with Gasteiger partial charge in [0, 0.05) is 42.3 Å². The fourth-order valence-electron chi connectivity index (χ4n) is 4.03. The molecule has 1 amide bonds. The van der Waals surface area contributed by atoms with Crippen LogP contribution >= 0.6 is 0 Å². The summed E-state index contributed by atoms with van der Waals surface area (Å²) in [4.78, 5) is 44.4. The Morgan fingerprint density at radius 3 is 2.52 bits per heavy atom. The molecule has 0 saturated carbocycles. The number of carbonyl (C=O) groups excluding carboxylic acids is 3. The first-order chi connectivity index (χ1) is 15.8. The topological polar surface area (TPSA) is 81.5 Å². The van der Waals surface area contributed by atoms with Crippen molar-refractivity contribution >= 4 is 17.7 Å². The summed E-state index contributed by atoms with van der Waals surface area (Å²) in [6.07, 6.45) is 3.22. The highest BCUT2D eigenvalue weighted by atomic mass is 19.1. The SMILES string of the molecule is CCn1c(C)c(C(=O)CN(Cc2cccnc2)C(=O)c2cccc(F)c2)c(C)c1C(=O)OC. The molecule has 172 valence electrons. The van der Waals surface area contributed by atoms with Crippen LogP contribution < -0.4 is 0 Å². The Hall–Kier alpha value is -3.81. The Labute approximate surface area is 191 Å². The highest BCUT2D eigenvalue weighted by Crippen LogP contribution is 2.24. The fourth-order valence-corrected chi connectivity index (χ4v) is 4.03. The standard InChI is InChI=1S/C25H26FN3O4/c1-5-29-17(3)22(16(2)23(29)25(32)33-4)21(30)15-28(14-18-8-7-11-27-13-18)24(31)19-9-6-10-20(26)12-19/h6-13H,5,14-15H2,1-4H3. The van der Waals surface area contributed by atoms with Gasteiger partial charge >= 0.3 is 5.97 Å². The first kappa shape index (κ1) is 23.8. The van der Waals surface area contributed by atoms with E-state index < -0.39 is 17.7 Å². The Kier molecular flexibility index (Phi) is 7.37. The second kappa shape index (κ2) is 10.2. The van der Waals surface area contributed by atoms with Gasteiger partial charge in [-0.25, -0.2) is 9.18 Å². The smallest absolute Gasteiger partial charge is 0.354 e. The van der Waals surface area contributed by atoms with Crippen molar-refractivity contribution in [2.75, 3.05) is 13.7 Å². The maximum Gasteiger partial charge on any atom is 0.354 e. The Morgan fingerprint density at radius 2 is 1.91 bits per heavy atom. The van der Waals surface area contributed by atoms with Gasteiger partial charge in [0.15, 0.2) is 5.78 Å². The number of nitrogens with zero attached hydrogens (tertiary/aromatic N) is 3. The van der Waals surface area contributed by atoms with Crippen molar-refractivity contribution in [2.24, 2.45) is 0 Å². The van der Waals surface area contributed by atoms with Crippen molar-refractivity contribution in [3.63, 3.8) is 0 Å². The maximum atomic E-state index is 13.8. The van der Waals surface area contributed by atoms with E-state index in [4.69, 9.17) is 4.74 Å². The van der Waals surface area contributed by atoms with Crippen LogP contribution in [0.15, 0.2) is 48.8 Å². The molecule has 0 bridgehead atoms. The molecule has 0 spiro atoms. The van der Waals surface area contributed by atoms with Crippen molar-refractivity contribution in [3.05, 3.63) is 88.3 Å². The highest BCUT2D eigenvalue weighted by molar-refractivity contribution is 6.06. The van der Waals surface area contributed by atoms with Gasteiger partial charge in [-0.05, 0) is 56.2 Å². The minimum atomic E-state index is -0.539. The monoisotopic (exact) mass is 451 g/mol. The molecule has 0 radical (unpaired) electrons. The van der Waals surface area contributed by atoms with E-state index in [0.717, 1.165) is 11.6 Å². The zero-order valence-corrected chi connectivity index (χ0v) is 19.1. The number of ketones is 1. The van der Waals surface area contributed by atoms with Crippen LogP contribution in [-0.4, -0.2) is 45.8 Å². The van der Waals surface area contributed by atoms with E-state index in [1.165, 1.54) is 30.2 Å². The van der Waals surface area contributed by atoms with Crippen LogP contribution in [0, 0.1) is 19.7 Å². The molecule has 0 N–H and O–H groups in total. The predicted octanol–water partition coefficient (Wildman–Crippen LogP) is 3.97. The number of hydrogen-bond acceptors (Lipinski definition) is 5. The molecule has 0 unspecified atom stereocenters. The summed E-state index contributed by atoms with van der Waals surface area (Å²) in [5, 5.41) is 0. The number of hydrogen-bond donors (Lipinski definition) is 0. The molecule has 0 aliphatic carbocycles. The zero-order valence-electron chi connectivity index (χ0n) is 19.1. The van der Waals surface area contributed by atoms with Crippen LogP contribution in [0.1, 0.15) is 54.9 Å². The van der Waals surface area contributed by atoms with Crippen LogP contribution in [0.4, 0.5) is 4.39 Å². The summed E-state index contributed by atoms with van der Waals surface area (Å²) in [6, 6.07) is 8.88. The van der Waals surface area contributed by atoms with Gasteiger partial charge in [-0.3, -0.25) is 14.6 Å². The molecular formula is C25H26FN3O4.